The summed E-state index contributed by atoms with van der Waals surface area (Å²) in [7, 11) is 0. The monoisotopic (exact) mass is 270 g/mol. The summed E-state index contributed by atoms with van der Waals surface area (Å²) in [4.78, 5) is 25.3. The van der Waals surface area contributed by atoms with E-state index in [1.165, 1.54) is 12.1 Å². The van der Waals surface area contributed by atoms with Crippen molar-refractivity contribution in [1.29, 1.82) is 0 Å². The molecule has 104 valence electrons. The summed E-state index contributed by atoms with van der Waals surface area (Å²) < 4.78 is 5.26. The summed E-state index contributed by atoms with van der Waals surface area (Å²) in [6.45, 7) is 1.61. The number of hydrogen-bond donors (Lipinski definition) is 2. The first kappa shape index (κ1) is 14.7. The van der Waals surface area contributed by atoms with E-state index in [1.807, 2.05) is 6.92 Å². The quantitative estimate of drug-likeness (QED) is 0.547. The van der Waals surface area contributed by atoms with Gasteiger partial charge in [0.15, 0.2) is 12.4 Å². The highest BCUT2D eigenvalue weighted by Gasteiger charge is 2.21. The number of nitrogens with zero attached hydrogens (tertiary/aromatic N) is 1. The molecule has 1 rings (SSSR count). The predicted molar refractivity (Wildman–Crippen MR) is 66.1 cm³/mol. The van der Waals surface area contributed by atoms with Gasteiger partial charge in [-0.15, -0.1) is 0 Å². The number of ether oxygens (including phenoxy) is 1. The van der Waals surface area contributed by atoms with Crippen molar-refractivity contribution in [3.63, 3.8) is 0 Å². The van der Waals surface area contributed by atoms with E-state index < -0.39 is 17.5 Å². The van der Waals surface area contributed by atoms with Gasteiger partial charge in [-0.3, -0.25) is 20.4 Å². The van der Waals surface area contributed by atoms with Crippen LogP contribution in [-0.2, 0) is 9.63 Å². The maximum atomic E-state index is 11.0. The van der Waals surface area contributed by atoms with Gasteiger partial charge in [-0.25, -0.2) is 4.79 Å². The summed E-state index contributed by atoms with van der Waals surface area (Å²) in [5.74, 6) is -1.08. The predicted octanol–water partition coefficient (Wildman–Crippen LogP) is 1.81. The fourth-order valence-corrected chi connectivity index (χ4v) is 1.30. The fraction of sp³-hybridized carbons (Fsp3) is 0.364. The molecular weight excluding hydrogens is 256 g/mol. The fourth-order valence-electron chi connectivity index (χ4n) is 1.30. The zero-order chi connectivity index (χ0) is 14.3. The molecule has 1 aromatic carbocycles. The Morgan fingerprint density at radius 1 is 1.53 bits per heavy atom. The molecular formula is C11H14N2O6. The Bertz CT molecular complexity index is 462. The number of nitro benzene ring substituents is 1. The number of hydrogen-bond acceptors (Lipinski definition) is 6. The second-order valence-corrected chi connectivity index (χ2v) is 3.54. The van der Waals surface area contributed by atoms with Crippen LogP contribution in [0.1, 0.15) is 13.3 Å². The van der Waals surface area contributed by atoms with Crippen molar-refractivity contribution in [2.75, 3.05) is 18.7 Å². The molecule has 0 aliphatic heterocycles. The molecule has 8 heteroatoms. The number of para-hydroxylation sites is 1. The highest BCUT2D eigenvalue weighted by atomic mass is 16.7. The Morgan fingerprint density at radius 3 is 2.84 bits per heavy atom. The first-order chi connectivity index (χ1) is 9.06. The number of carbonyl (C=O) groups is 1. The van der Waals surface area contributed by atoms with Crippen LogP contribution in [0, 0.1) is 10.1 Å². The summed E-state index contributed by atoms with van der Waals surface area (Å²) >= 11 is 0. The van der Waals surface area contributed by atoms with Gasteiger partial charge in [0, 0.05) is 0 Å². The van der Waals surface area contributed by atoms with Crippen LogP contribution >= 0.6 is 0 Å². The van der Waals surface area contributed by atoms with Crippen LogP contribution in [0.25, 0.3) is 0 Å². The topological polar surface area (TPSA) is 111 Å². The number of nitro groups is 1. The molecule has 0 saturated heterocycles. The lowest BCUT2D eigenvalue weighted by atomic mass is 10.2. The minimum Gasteiger partial charge on any atom is -0.487 e. The van der Waals surface area contributed by atoms with E-state index in [0.717, 1.165) is 0 Å². The van der Waals surface area contributed by atoms with Crippen LogP contribution < -0.4 is 10.2 Å². The smallest absolute Gasteiger partial charge is 0.336 e. The van der Waals surface area contributed by atoms with E-state index in [0.29, 0.717) is 13.0 Å². The summed E-state index contributed by atoms with van der Waals surface area (Å²) in [5, 5.41) is 19.4. The first-order valence-corrected chi connectivity index (χ1v) is 5.56. The third-order valence-corrected chi connectivity index (χ3v) is 2.02. The molecule has 2 N–H and O–H groups in total. The third kappa shape index (κ3) is 4.43. The Hall–Kier alpha value is -2.35. The molecule has 0 radical (unpaired) electrons. The highest BCUT2D eigenvalue weighted by molar-refractivity contribution is 5.69. The second kappa shape index (κ2) is 7.17. The van der Waals surface area contributed by atoms with Crippen LogP contribution in [0.5, 0.6) is 5.75 Å². The standard InChI is InChI=1S/C11H14N2O6/c1-2-6-18-9-5-3-4-8(11(9)13(16)17)12-19-7-10(14)15/h3-5,12H,2,6-7H2,1H3,(H,14,15). The number of aliphatic carboxylic acids is 1. The number of anilines is 1. The Morgan fingerprint density at radius 2 is 2.26 bits per heavy atom. The number of carboxylic acids is 1. The molecule has 8 nitrogen and oxygen atoms in total. The average molecular weight is 270 g/mol. The largest absolute Gasteiger partial charge is 0.487 e. The van der Waals surface area contributed by atoms with Gasteiger partial charge in [0.2, 0.25) is 0 Å². The molecule has 0 bridgehead atoms. The summed E-state index contributed by atoms with van der Waals surface area (Å²) in [6.07, 6.45) is 0.713. The third-order valence-electron chi connectivity index (χ3n) is 2.02. The van der Waals surface area contributed by atoms with E-state index in [1.54, 1.807) is 6.07 Å². The SMILES string of the molecule is CCCOc1cccc(NOCC(=O)O)c1[N+](=O)[O-]. The lowest BCUT2D eigenvalue weighted by Gasteiger charge is -2.10. The minimum atomic E-state index is -1.19. The first-order valence-electron chi connectivity index (χ1n) is 5.56. The zero-order valence-corrected chi connectivity index (χ0v) is 10.3. The van der Waals surface area contributed by atoms with Gasteiger partial charge in [-0.05, 0) is 18.6 Å². The lowest BCUT2D eigenvalue weighted by Crippen LogP contribution is -2.12. The Balaban J connectivity index is 2.89. The molecule has 0 heterocycles. The van der Waals surface area contributed by atoms with Gasteiger partial charge in [0.05, 0.1) is 11.5 Å². The molecule has 0 spiro atoms. The number of benzene rings is 1. The van der Waals surface area contributed by atoms with Crippen LogP contribution in [-0.4, -0.2) is 29.2 Å². The molecule has 0 saturated carbocycles. The Kier molecular flexibility index (Phi) is 5.55. The van der Waals surface area contributed by atoms with Crippen molar-refractivity contribution in [1.82, 2.24) is 0 Å². The Labute approximate surface area is 109 Å². The van der Waals surface area contributed by atoms with Gasteiger partial charge < -0.3 is 9.84 Å². The van der Waals surface area contributed by atoms with Crippen molar-refractivity contribution < 1.29 is 24.4 Å². The zero-order valence-electron chi connectivity index (χ0n) is 10.3. The maximum absolute atomic E-state index is 11.0. The van der Waals surface area contributed by atoms with Crippen molar-refractivity contribution in [3.05, 3.63) is 28.3 Å². The molecule has 19 heavy (non-hydrogen) atoms. The van der Waals surface area contributed by atoms with E-state index in [2.05, 4.69) is 10.3 Å². The van der Waals surface area contributed by atoms with E-state index in [4.69, 9.17) is 9.84 Å². The van der Waals surface area contributed by atoms with Gasteiger partial charge >= 0.3 is 11.7 Å². The minimum absolute atomic E-state index is 0.0415. The van der Waals surface area contributed by atoms with Gasteiger partial charge in [-0.1, -0.05) is 13.0 Å². The van der Waals surface area contributed by atoms with Gasteiger partial charge in [-0.2, -0.15) is 0 Å². The van der Waals surface area contributed by atoms with E-state index in [9.17, 15) is 14.9 Å². The summed E-state index contributed by atoms with van der Waals surface area (Å²) in [5.41, 5.74) is 1.99. The molecule has 0 unspecified atom stereocenters. The average Bonchev–Trinajstić information content (AvgIpc) is 2.35. The van der Waals surface area contributed by atoms with Crippen molar-refractivity contribution in [2.45, 2.75) is 13.3 Å². The maximum Gasteiger partial charge on any atom is 0.336 e. The van der Waals surface area contributed by atoms with Crippen LogP contribution in [0.2, 0.25) is 0 Å². The number of nitrogens with one attached hydrogen (secondary N) is 1. The van der Waals surface area contributed by atoms with E-state index in [-0.39, 0.29) is 17.1 Å². The summed E-state index contributed by atoms with van der Waals surface area (Å²) in [6, 6.07) is 4.42. The van der Waals surface area contributed by atoms with Crippen molar-refractivity contribution >= 4 is 17.3 Å². The van der Waals surface area contributed by atoms with Gasteiger partial charge in [0.1, 0.15) is 5.69 Å². The normalized spacial score (nSPS) is 9.95. The van der Waals surface area contributed by atoms with Crippen molar-refractivity contribution in [2.24, 2.45) is 0 Å². The number of rotatable bonds is 8. The molecule has 0 aliphatic carbocycles. The van der Waals surface area contributed by atoms with E-state index >= 15 is 0 Å². The van der Waals surface area contributed by atoms with Crippen LogP contribution in [0.15, 0.2) is 18.2 Å². The van der Waals surface area contributed by atoms with Crippen LogP contribution in [0.4, 0.5) is 11.4 Å². The van der Waals surface area contributed by atoms with Crippen molar-refractivity contribution in [3.8, 4) is 5.75 Å². The molecule has 0 aliphatic rings. The second-order valence-electron chi connectivity index (χ2n) is 3.54. The molecule has 0 fully saturated rings. The molecule has 0 atom stereocenters. The highest BCUT2D eigenvalue weighted by Crippen LogP contribution is 2.34. The van der Waals surface area contributed by atoms with Crippen LogP contribution in [0.3, 0.4) is 0 Å². The molecule has 0 aromatic heterocycles. The number of carboxylic acid groups (broad SMARTS) is 1. The molecule has 1 aromatic rings. The lowest BCUT2D eigenvalue weighted by molar-refractivity contribution is -0.385. The molecule has 0 amide bonds. The van der Waals surface area contributed by atoms with Gasteiger partial charge in [0.25, 0.3) is 0 Å².